The Kier molecular flexibility index (Phi) is 6.08. The van der Waals surface area contributed by atoms with Gasteiger partial charge in [-0.15, -0.1) is 0 Å². The van der Waals surface area contributed by atoms with E-state index in [0.717, 1.165) is 65.3 Å². The van der Waals surface area contributed by atoms with Crippen molar-refractivity contribution >= 4 is 5.91 Å². The number of morpholine rings is 1. The van der Waals surface area contributed by atoms with Crippen molar-refractivity contribution in [1.82, 2.24) is 14.7 Å². The second-order valence-electron chi connectivity index (χ2n) is 8.83. The number of likely N-dealkylation sites (tertiary alicyclic amines) is 2. The van der Waals surface area contributed by atoms with Gasteiger partial charge in [0.25, 0.3) is 5.91 Å². The molecule has 29 heavy (non-hydrogen) atoms. The van der Waals surface area contributed by atoms with Crippen molar-refractivity contribution in [3.05, 3.63) is 29.6 Å². The van der Waals surface area contributed by atoms with Gasteiger partial charge in [0.05, 0.1) is 20.3 Å². The second kappa shape index (κ2) is 8.58. The summed E-state index contributed by atoms with van der Waals surface area (Å²) in [5, 5.41) is 0. The van der Waals surface area contributed by atoms with Gasteiger partial charge in [-0.25, -0.2) is 4.39 Å². The van der Waals surface area contributed by atoms with E-state index in [-0.39, 0.29) is 11.7 Å². The number of carbonyl (C=O) groups is 1. The van der Waals surface area contributed by atoms with Gasteiger partial charge in [0.2, 0.25) is 0 Å². The average molecular weight is 406 g/mol. The summed E-state index contributed by atoms with van der Waals surface area (Å²) >= 11 is 0. The van der Waals surface area contributed by atoms with E-state index in [2.05, 4.69) is 16.8 Å². The fourth-order valence-corrected chi connectivity index (χ4v) is 5.19. The molecule has 3 aliphatic rings. The second-order valence-corrected chi connectivity index (χ2v) is 8.83. The summed E-state index contributed by atoms with van der Waals surface area (Å²) in [6.07, 6.45) is 3.22. The molecule has 0 aliphatic carbocycles. The maximum atomic E-state index is 14.0. The molecular weight excluding hydrogens is 373 g/mol. The fraction of sp³-hybridized carbons (Fsp3) is 0.682. The van der Waals surface area contributed by atoms with Crippen molar-refractivity contribution < 1.29 is 18.7 Å². The number of amides is 1. The summed E-state index contributed by atoms with van der Waals surface area (Å²) < 4.78 is 24.4. The van der Waals surface area contributed by atoms with Crippen LogP contribution < -0.4 is 4.74 Å². The van der Waals surface area contributed by atoms with Gasteiger partial charge >= 0.3 is 0 Å². The summed E-state index contributed by atoms with van der Waals surface area (Å²) in [5.41, 5.74) is 0.696. The number of ether oxygens (including phenoxy) is 2. The van der Waals surface area contributed by atoms with Gasteiger partial charge in [0.15, 0.2) is 11.6 Å². The van der Waals surface area contributed by atoms with Gasteiger partial charge in [-0.1, -0.05) is 0 Å². The Morgan fingerprint density at radius 2 is 1.97 bits per heavy atom. The third-order valence-corrected chi connectivity index (χ3v) is 6.96. The first-order valence-corrected chi connectivity index (χ1v) is 10.6. The smallest absolute Gasteiger partial charge is 0.253 e. The van der Waals surface area contributed by atoms with E-state index < -0.39 is 5.82 Å². The Labute approximate surface area is 172 Å². The molecule has 0 aromatic heterocycles. The zero-order chi connectivity index (χ0) is 20.4. The van der Waals surface area contributed by atoms with E-state index in [9.17, 15) is 9.18 Å². The highest BCUT2D eigenvalue weighted by Crippen LogP contribution is 2.43. The summed E-state index contributed by atoms with van der Waals surface area (Å²) in [6.45, 7) is 7.41. The number of hydrogen-bond acceptors (Lipinski definition) is 5. The SMILES string of the molecule is COc1ccc(C(=O)N2CCC3(CC2)CC(CN2CCOCC2)N(C)C3)cc1F. The van der Waals surface area contributed by atoms with E-state index in [1.54, 1.807) is 6.07 Å². The Bertz CT molecular complexity index is 730. The average Bonchev–Trinajstić information content (AvgIpc) is 3.03. The maximum Gasteiger partial charge on any atom is 0.253 e. The van der Waals surface area contributed by atoms with Crippen LogP contribution >= 0.6 is 0 Å². The Balaban J connectivity index is 1.34. The monoisotopic (exact) mass is 405 g/mol. The third-order valence-electron chi connectivity index (χ3n) is 6.96. The van der Waals surface area contributed by atoms with Crippen LogP contribution in [0, 0.1) is 11.2 Å². The van der Waals surface area contributed by atoms with Crippen molar-refractivity contribution in [2.45, 2.75) is 25.3 Å². The number of rotatable bonds is 4. The summed E-state index contributed by atoms with van der Waals surface area (Å²) in [6, 6.07) is 5.03. The number of benzene rings is 1. The molecule has 1 aromatic rings. The molecule has 3 heterocycles. The predicted molar refractivity (Wildman–Crippen MR) is 109 cm³/mol. The van der Waals surface area contributed by atoms with E-state index in [1.807, 2.05) is 4.90 Å². The van der Waals surface area contributed by atoms with Gasteiger partial charge < -0.3 is 19.3 Å². The van der Waals surface area contributed by atoms with Crippen LogP contribution in [0.15, 0.2) is 18.2 Å². The molecule has 3 saturated heterocycles. The Hall–Kier alpha value is -1.70. The summed E-state index contributed by atoms with van der Waals surface area (Å²) in [4.78, 5) is 19.7. The van der Waals surface area contributed by atoms with Gasteiger partial charge in [-0.3, -0.25) is 9.69 Å². The van der Waals surface area contributed by atoms with Crippen LogP contribution in [0.3, 0.4) is 0 Å². The van der Waals surface area contributed by atoms with Gasteiger partial charge in [0.1, 0.15) is 0 Å². The molecule has 0 radical (unpaired) electrons. The molecule has 3 fully saturated rings. The first kappa shape index (κ1) is 20.6. The molecule has 1 unspecified atom stereocenters. The number of halogens is 1. The van der Waals surface area contributed by atoms with Gasteiger partial charge in [-0.05, 0) is 49.9 Å². The number of methoxy groups -OCH3 is 1. The maximum absolute atomic E-state index is 14.0. The van der Waals surface area contributed by atoms with Crippen LogP contribution in [0.4, 0.5) is 4.39 Å². The molecule has 1 aromatic carbocycles. The van der Waals surface area contributed by atoms with Crippen LogP contribution in [-0.4, -0.2) is 93.3 Å². The highest BCUT2D eigenvalue weighted by atomic mass is 19.1. The first-order valence-electron chi connectivity index (χ1n) is 10.6. The Morgan fingerprint density at radius 3 is 2.62 bits per heavy atom. The topological polar surface area (TPSA) is 45.3 Å². The molecule has 1 atom stereocenters. The lowest BCUT2D eigenvalue weighted by atomic mass is 9.76. The highest BCUT2D eigenvalue weighted by Gasteiger charge is 2.45. The first-order chi connectivity index (χ1) is 14.0. The molecule has 1 amide bonds. The van der Waals surface area contributed by atoms with Crippen LogP contribution in [0.5, 0.6) is 5.75 Å². The van der Waals surface area contributed by atoms with E-state index in [4.69, 9.17) is 9.47 Å². The van der Waals surface area contributed by atoms with E-state index in [1.165, 1.54) is 25.7 Å². The van der Waals surface area contributed by atoms with Crippen LogP contribution in [0.1, 0.15) is 29.6 Å². The van der Waals surface area contributed by atoms with E-state index in [0.29, 0.717) is 17.0 Å². The zero-order valence-electron chi connectivity index (χ0n) is 17.5. The molecule has 1 spiro atoms. The predicted octanol–water partition coefficient (Wildman–Crippen LogP) is 2.09. The number of piperidine rings is 1. The van der Waals surface area contributed by atoms with Crippen molar-refractivity contribution in [1.29, 1.82) is 0 Å². The molecule has 4 rings (SSSR count). The van der Waals surface area contributed by atoms with Crippen molar-refractivity contribution in [3.63, 3.8) is 0 Å². The number of likely N-dealkylation sites (N-methyl/N-ethyl adjacent to an activating group) is 1. The quantitative estimate of drug-likeness (QED) is 0.768. The number of hydrogen-bond donors (Lipinski definition) is 0. The summed E-state index contributed by atoms with van der Waals surface area (Å²) in [7, 11) is 3.66. The van der Waals surface area contributed by atoms with Crippen molar-refractivity contribution in [2.75, 3.05) is 66.6 Å². The van der Waals surface area contributed by atoms with Crippen molar-refractivity contribution in [3.8, 4) is 5.75 Å². The highest BCUT2D eigenvalue weighted by molar-refractivity contribution is 5.94. The van der Waals surface area contributed by atoms with Crippen LogP contribution in [0.2, 0.25) is 0 Å². The van der Waals surface area contributed by atoms with E-state index >= 15 is 0 Å². The molecule has 6 nitrogen and oxygen atoms in total. The van der Waals surface area contributed by atoms with Crippen molar-refractivity contribution in [2.24, 2.45) is 5.41 Å². The molecule has 7 heteroatoms. The normalized spacial score (nSPS) is 25.5. The minimum atomic E-state index is -0.491. The number of carbonyl (C=O) groups excluding carboxylic acids is 1. The molecular formula is C22H32FN3O3. The lowest BCUT2D eigenvalue weighted by Gasteiger charge is -2.39. The Morgan fingerprint density at radius 1 is 1.24 bits per heavy atom. The standard InChI is InChI=1S/C22H32FN3O3/c1-24-16-22(14-18(24)15-25-9-11-29-12-10-25)5-7-26(8-6-22)21(27)17-3-4-20(28-2)19(23)13-17/h3-4,13,18H,5-12,14-16H2,1-2H3. The third kappa shape index (κ3) is 4.42. The largest absolute Gasteiger partial charge is 0.494 e. The van der Waals surface area contributed by atoms with Gasteiger partial charge in [-0.2, -0.15) is 0 Å². The lowest BCUT2D eigenvalue weighted by Crippen LogP contribution is -2.44. The molecule has 0 bridgehead atoms. The van der Waals surface area contributed by atoms with Crippen LogP contribution in [-0.2, 0) is 4.74 Å². The molecule has 0 saturated carbocycles. The zero-order valence-corrected chi connectivity index (χ0v) is 17.5. The molecule has 160 valence electrons. The minimum absolute atomic E-state index is 0.0855. The van der Waals surface area contributed by atoms with Gasteiger partial charge in [0, 0.05) is 50.9 Å². The minimum Gasteiger partial charge on any atom is -0.494 e. The molecule has 0 N–H and O–H groups in total. The lowest BCUT2D eigenvalue weighted by molar-refractivity contribution is 0.0283. The molecule has 3 aliphatic heterocycles. The van der Waals surface area contributed by atoms with Crippen LogP contribution in [0.25, 0.3) is 0 Å². The summed E-state index contributed by atoms with van der Waals surface area (Å²) in [5.74, 6) is -0.410. The fourth-order valence-electron chi connectivity index (χ4n) is 5.19. The number of nitrogens with zero attached hydrogens (tertiary/aromatic N) is 3.